The molecule has 2 aromatic rings. The highest BCUT2D eigenvalue weighted by Gasteiger charge is 2.05. The third-order valence-electron chi connectivity index (χ3n) is 2.64. The fraction of sp³-hybridized carbons (Fsp3) is 0.400. The third kappa shape index (κ3) is 7.81. The van der Waals surface area contributed by atoms with Crippen LogP contribution in [0.1, 0.15) is 43.9 Å². The quantitative estimate of drug-likeness (QED) is 0.817. The second-order valence-electron chi connectivity index (χ2n) is 4.44. The van der Waals surface area contributed by atoms with E-state index in [2.05, 4.69) is 23.4 Å². The zero-order valence-electron chi connectivity index (χ0n) is 12.4. The molecule has 6 heteroatoms. The van der Waals surface area contributed by atoms with Crippen LogP contribution in [0.25, 0.3) is 0 Å². The summed E-state index contributed by atoms with van der Waals surface area (Å²) in [4.78, 5) is 12.5. The predicted molar refractivity (Wildman–Crippen MR) is 82.3 cm³/mol. The number of rotatable bonds is 6. The van der Waals surface area contributed by atoms with Gasteiger partial charge >= 0.3 is 8.25 Å². The largest absolute Gasteiger partial charge is 0.443 e. The Morgan fingerprint density at radius 3 is 2.48 bits per heavy atom. The SMILES string of the molecule is CCCC.O=[PH](O)OCc1ncc(Cc2ccccc2)o1. The molecule has 5 nitrogen and oxygen atoms in total. The van der Waals surface area contributed by atoms with Gasteiger partial charge in [0.15, 0.2) is 0 Å². The van der Waals surface area contributed by atoms with Crippen LogP contribution >= 0.6 is 8.25 Å². The average molecular weight is 311 g/mol. The van der Waals surface area contributed by atoms with Crippen LogP contribution in [0, 0.1) is 0 Å². The van der Waals surface area contributed by atoms with E-state index >= 15 is 0 Å². The highest BCUT2D eigenvalue weighted by atomic mass is 31.1. The van der Waals surface area contributed by atoms with Gasteiger partial charge in [-0.25, -0.2) is 4.98 Å². The molecular formula is C15H22NO4P. The molecule has 116 valence electrons. The molecule has 0 aliphatic rings. The lowest BCUT2D eigenvalue weighted by molar-refractivity contribution is 0.239. The smallest absolute Gasteiger partial charge is 0.317 e. The maximum atomic E-state index is 10.4. The summed E-state index contributed by atoms with van der Waals surface area (Å²) < 4.78 is 20.3. The summed E-state index contributed by atoms with van der Waals surface area (Å²) in [5.41, 5.74) is 1.12. The van der Waals surface area contributed by atoms with E-state index in [1.54, 1.807) is 6.20 Å². The first-order valence-corrected chi connectivity index (χ1v) is 8.25. The Kier molecular flexibility index (Phi) is 8.67. The molecule has 0 aliphatic heterocycles. The van der Waals surface area contributed by atoms with Crippen LogP contribution in [-0.4, -0.2) is 9.88 Å². The van der Waals surface area contributed by atoms with Crippen LogP contribution in [0.3, 0.4) is 0 Å². The number of hydrogen-bond donors (Lipinski definition) is 1. The number of hydrogen-bond acceptors (Lipinski definition) is 4. The van der Waals surface area contributed by atoms with Gasteiger partial charge in [0.05, 0.1) is 6.20 Å². The topological polar surface area (TPSA) is 72.6 Å². The van der Waals surface area contributed by atoms with Gasteiger partial charge in [-0.1, -0.05) is 57.0 Å². The molecule has 0 bridgehead atoms. The molecule has 1 unspecified atom stereocenters. The minimum absolute atomic E-state index is 0.0803. The van der Waals surface area contributed by atoms with Crippen LogP contribution in [0.5, 0.6) is 0 Å². The van der Waals surface area contributed by atoms with Crippen LogP contribution < -0.4 is 0 Å². The first kappa shape index (κ1) is 17.6. The van der Waals surface area contributed by atoms with Crippen LogP contribution in [-0.2, 0) is 22.1 Å². The second kappa shape index (κ2) is 10.3. The van der Waals surface area contributed by atoms with Crippen molar-refractivity contribution in [1.82, 2.24) is 4.98 Å². The van der Waals surface area contributed by atoms with Gasteiger partial charge in [-0.2, -0.15) is 0 Å². The van der Waals surface area contributed by atoms with E-state index in [9.17, 15) is 4.57 Å². The monoisotopic (exact) mass is 311 g/mol. The molecule has 0 fully saturated rings. The lowest BCUT2D eigenvalue weighted by Gasteiger charge is -1.97. The molecule has 0 saturated carbocycles. The summed E-state index contributed by atoms with van der Waals surface area (Å²) in [7, 11) is -2.93. The van der Waals surface area contributed by atoms with Crippen molar-refractivity contribution < 1.29 is 18.4 Å². The van der Waals surface area contributed by atoms with E-state index in [-0.39, 0.29) is 6.61 Å². The van der Waals surface area contributed by atoms with Gasteiger partial charge in [0, 0.05) is 6.42 Å². The first-order chi connectivity index (χ1) is 10.2. The summed E-state index contributed by atoms with van der Waals surface area (Å²) in [6.45, 7) is 4.28. The molecular weight excluding hydrogens is 289 g/mol. The average Bonchev–Trinajstić information content (AvgIpc) is 2.94. The highest BCUT2D eigenvalue weighted by molar-refractivity contribution is 7.32. The van der Waals surface area contributed by atoms with Crippen molar-refractivity contribution in [3.8, 4) is 0 Å². The van der Waals surface area contributed by atoms with Crippen molar-refractivity contribution >= 4 is 8.25 Å². The van der Waals surface area contributed by atoms with Gasteiger partial charge in [0.1, 0.15) is 12.4 Å². The Hall–Kier alpha value is -1.42. The van der Waals surface area contributed by atoms with Gasteiger partial charge in [-0.3, -0.25) is 4.57 Å². The van der Waals surface area contributed by atoms with Gasteiger partial charge in [0.2, 0.25) is 5.89 Å². The van der Waals surface area contributed by atoms with Crippen molar-refractivity contribution in [3.63, 3.8) is 0 Å². The van der Waals surface area contributed by atoms with Crippen molar-refractivity contribution in [2.24, 2.45) is 0 Å². The van der Waals surface area contributed by atoms with Crippen LogP contribution in [0.2, 0.25) is 0 Å². The molecule has 1 heterocycles. The summed E-state index contributed by atoms with van der Waals surface area (Å²) in [6.07, 6.45) is 4.88. The molecule has 1 atom stereocenters. The van der Waals surface area contributed by atoms with E-state index < -0.39 is 8.25 Å². The molecule has 21 heavy (non-hydrogen) atoms. The van der Waals surface area contributed by atoms with E-state index in [4.69, 9.17) is 9.31 Å². The molecule has 0 aliphatic carbocycles. The van der Waals surface area contributed by atoms with Crippen LogP contribution in [0.15, 0.2) is 40.9 Å². The lowest BCUT2D eigenvalue weighted by atomic mass is 10.1. The normalized spacial score (nSPS) is 11.6. The fourth-order valence-corrected chi connectivity index (χ4v) is 1.66. The van der Waals surface area contributed by atoms with E-state index in [1.807, 2.05) is 30.3 Å². The zero-order valence-corrected chi connectivity index (χ0v) is 13.4. The van der Waals surface area contributed by atoms with E-state index in [0.29, 0.717) is 18.1 Å². The number of unbranched alkanes of at least 4 members (excludes halogenated alkanes) is 1. The summed E-state index contributed by atoms with van der Waals surface area (Å²) in [5, 5.41) is 0. The molecule has 1 aromatic heterocycles. The maximum absolute atomic E-state index is 10.4. The molecule has 0 spiro atoms. The minimum Gasteiger partial charge on any atom is -0.443 e. The maximum Gasteiger partial charge on any atom is 0.317 e. The van der Waals surface area contributed by atoms with Crippen molar-refractivity contribution in [2.45, 2.75) is 39.7 Å². The first-order valence-electron chi connectivity index (χ1n) is 6.98. The van der Waals surface area contributed by atoms with Crippen LogP contribution in [0.4, 0.5) is 0 Å². The Labute approximate surface area is 125 Å². The summed E-state index contributed by atoms with van der Waals surface area (Å²) >= 11 is 0. The van der Waals surface area contributed by atoms with Crippen molar-refractivity contribution in [1.29, 1.82) is 0 Å². The van der Waals surface area contributed by atoms with Gasteiger partial charge in [-0.05, 0) is 5.56 Å². The summed E-state index contributed by atoms with van der Waals surface area (Å²) in [6, 6.07) is 9.83. The molecule has 0 saturated heterocycles. The standard InChI is InChI=1S/C11H12NO4P.C4H10/c13-17(14)15-8-11-12-7-10(16-11)6-9-4-2-1-3-5-9;1-3-4-2/h1-5,7,17H,6,8H2,(H,13,14);3-4H2,1-2H3. The summed E-state index contributed by atoms with van der Waals surface area (Å²) in [5.74, 6) is 1.01. The fourth-order valence-electron chi connectivity index (χ4n) is 1.42. The van der Waals surface area contributed by atoms with Gasteiger partial charge in [-0.15, -0.1) is 0 Å². The Balaban J connectivity index is 0.000000491. The molecule has 1 N–H and O–H groups in total. The second-order valence-corrected chi connectivity index (χ2v) is 5.26. The lowest BCUT2D eigenvalue weighted by Crippen LogP contribution is -1.85. The van der Waals surface area contributed by atoms with Gasteiger partial charge < -0.3 is 13.8 Å². The number of benzene rings is 1. The number of nitrogens with zero attached hydrogens (tertiary/aromatic N) is 1. The van der Waals surface area contributed by atoms with E-state index in [1.165, 1.54) is 12.8 Å². The minimum atomic E-state index is -2.93. The molecule has 2 rings (SSSR count). The van der Waals surface area contributed by atoms with Gasteiger partial charge in [0.25, 0.3) is 0 Å². The molecule has 1 aromatic carbocycles. The Morgan fingerprint density at radius 1 is 1.24 bits per heavy atom. The Morgan fingerprint density at radius 2 is 1.90 bits per heavy atom. The number of aromatic nitrogens is 1. The molecule has 0 amide bonds. The van der Waals surface area contributed by atoms with Crippen molar-refractivity contribution in [2.75, 3.05) is 0 Å². The molecule has 0 radical (unpaired) electrons. The predicted octanol–water partition coefficient (Wildman–Crippen LogP) is 3.97. The highest BCUT2D eigenvalue weighted by Crippen LogP contribution is 2.18. The number of oxazole rings is 1. The van der Waals surface area contributed by atoms with Crippen molar-refractivity contribution in [3.05, 3.63) is 53.7 Å². The Bertz CT molecular complexity index is 525. The van der Waals surface area contributed by atoms with E-state index in [0.717, 1.165) is 5.56 Å². The zero-order chi connectivity index (χ0) is 15.5. The third-order valence-corrected chi connectivity index (χ3v) is 3.03.